The van der Waals surface area contributed by atoms with Gasteiger partial charge in [0.15, 0.2) is 0 Å². The Balaban J connectivity index is 0.00000182. The first-order valence-corrected chi connectivity index (χ1v) is 8.93. The Bertz CT molecular complexity index is 724. The van der Waals surface area contributed by atoms with Crippen LogP contribution in [-0.4, -0.2) is 42.2 Å². The number of carbonyl (C=O) groups is 1. The van der Waals surface area contributed by atoms with Gasteiger partial charge < -0.3 is 20.4 Å². The maximum Gasteiger partial charge on any atom is 0.220 e. The average molecular weight is 364 g/mol. The molecule has 5 nitrogen and oxygen atoms in total. The largest absolute Gasteiger partial charge is 0.373 e. The van der Waals surface area contributed by atoms with E-state index in [4.69, 9.17) is 4.74 Å². The van der Waals surface area contributed by atoms with Gasteiger partial charge >= 0.3 is 0 Å². The van der Waals surface area contributed by atoms with Crippen molar-refractivity contribution >= 4 is 29.2 Å². The third kappa shape index (κ3) is 4.00. The van der Waals surface area contributed by atoms with Gasteiger partial charge in [0.25, 0.3) is 0 Å². The molecule has 0 radical (unpaired) electrons. The number of rotatable bonds is 4. The number of aromatic nitrogens is 1. The third-order valence-electron chi connectivity index (χ3n) is 5.39. The van der Waals surface area contributed by atoms with Crippen LogP contribution in [0.15, 0.2) is 30.5 Å². The highest BCUT2D eigenvalue weighted by Gasteiger charge is 2.41. The molecule has 25 heavy (non-hydrogen) atoms. The number of piperidine rings is 1. The maximum absolute atomic E-state index is 12.3. The molecular formula is C19H26ClN3O2. The second-order valence-corrected chi connectivity index (χ2v) is 7.07. The van der Waals surface area contributed by atoms with E-state index in [-0.39, 0.29) is 30.0 Å². The van der Waals surface area contributed by atoms with Crippen molar-refractivity contribution in [2.24, 2.45) is 0 Å². The molecule has 1 aromatic carbocycles. The van der Waals surface area contributed by atoms with Crippen LogP contribution >= 0.6 is 12.4 Å². The topological polar surface area (TPSA) is 66.2 Å². The van der Waals surface area contributed by atoms with Crippen molar-refractivity contribution in [3.63, 3.8) is 0 Å². The number of hydrogen-bond donors (Lipinski definition) is 3. The predicted molar refractivity (Wildman–Crippen MR) is 101 cm³/mol. The molecule has 136 valence electrons. The summed E-state index contributed by atoms with van der Waals surface area (Å²) in [5.74, 6) is 0.125. The molecule has 3 heterocycles. The summed E-state index contributed by atoms with van der Waals surface area (Å²) in [6.07, 6.45) is 6.35. The number of hydrogen-bond acceptors (Lipinski definition) is 3. The van der Waals surface area contributed by atoms with Gasteiger partial charge in [-0.1, -0.05) is 18.2 Å². The van der Waals surface area contributed by atoms with Crippen molar-refractivity contribution in [2.75, 3.05) is 19.7 Å². The molecule has 1 atom stereocenters. The molecule has 3 N–H and O–H groups in total. The second-order valence-electron chi connectivity index (χ2n) is 7.07. The number of fused-ring (bicyclic) bond motifs is 1. The standard InChI is InChI=1S/C19H25N3O2.ClH/c23-18(6-5-14-12-21-17-4-2-1-3-16(14)17)22-15-11-19(24-13-15)7-9-20-10-8-19;/h1-4,12,15,20-21H,5-11,13H2,(H,22,23);1H. The highest BCUT2D eigenvalue weighted by Crippen LogP contribution is 2.33. The Morgan fingerprint density at radius 2 is 2.08 bits per heavy atom. The van der Waals surface area contributed by atoms with Crippen LogP contribution in [0, 0.1) is 0 Å². The van der Waals surface area contributed by atoms with E-state index in [1.807, 2.05) is 18.3 Å². The summed E-state index contributed by atoms with van der Waals surface area (Å²) in [6.45, 7) is 2.68. The van der Waals surface area contributed by atoms with Crippen molar-refractivity contribution in [1.29, 1.82) is 0 Å². The molecule has 1 aromatic heterocycles. The minimum Gasteiger partial charge on any atom is -0.373 e. The normalized spacial score (nSPS) is 22.0. The lowest BCUT2D eigenvalue weighted by atomic mass is 9.88. The second kappa shape index (κ2) is 7.77. The molecule has 0 bridgehead atoms. The molecule has 2 saturated heterocycles. The van der Waals surface area contributed by atoms with Crippen LogP contribution in [0.1, 0.15) is 31.2 Å². The number of ether oxygens (including phenoxy) is 1. The van der Waals surface area contributed by atoms with E-state index < -0.39 is 0 Å². The van der Waals surface area contributed by atoms with Gasteiger partial charge in [-0.05, 0) is 50.4 Å². The first-order chi connectivity index (χ1) is 11.7. The molecule has 1 spiro atoms. The van der Waals surface area contributed by atoms with Crippen LogP contribution in [-0.2, 0) is 16.0 Å². The molecule has 1 amide bonds. The van der Waals surface area contributed by atoms with Gasteiger partial charge in [0, 0.05) is 23.5 Å². The molecular weight excluding hydrogens is 338 g/mol. The Kier molecular flexibility index (Phi) is 5.67. The molecule has 2 aliphatic heterocycles. The molecule has 2 aliphatic rings. The summed E-state index contributed by atoms with van der Waals surface area (Å²) in [4.78, 5) is 15.6. The fraction of sp³-hybridized carbons (Fsp3) is 0.526. The number of H-pyrrole nitrogens is 1. The van der Waals surface area contributed by atoms with E-state index in [0.717, 1.165) is 44.3 Å². The zero-order chi connectivity index (χ0) is 16.4. The predicted octanol–water partition coefficient (Wildman–Crippen LogP) is 2.55. The fourth-order valence-electron chi connectivity index (χ4n) is 4.05. The van der Waals surface area contributed by atoms with Crippen LogP contribution in [0.5, 0.6) is 0 Å². The third-order valence-corrected chi connectivity index (χ3v) is 5.39. The van der Waals surface area contributed by atoms with Crippen molar-refractivity contribution < 1.29 is 9.53 Å². The summed E-state index contributed by atoms with van der Waals surface area (Å²) in [5, 5.41) is 7.75. The minimum atomic E-state index is 0. The van der Waals surface area contributed by atoms with Crippen LogP contribution in [0.4, 0.5) is 0 Å². The van der Waals surface area contributed by atoms with Crippen molar-refractivity contribution in [1.82, 2.24) is 15.6 Å². The number of aromatic amines is 1. The van der Waals surface area contributed by atoms with E-state index >= 15 is 0 Å². The zero-order valence-corrected chi connectivity index (χ0v) is 15.2. The minimum absolute atomic E-state index is 0. The summed E-state index contributed by atoms with van der Waals surface area (Å²) < 4.78 is 6.04. The molecule has 2 aromatic rings. The van der Waals surface area contributed by atoms with Gasteiger partial charge in [-0.3, -0.25) is 4.79 Å². The van der Waals surface area contributed by atoms with E-state index in [0.29, 0.717) is 13.0 Å². The van der Waals surface area contributed by atoms with Gasteiger partial charge in [-0.15, -0.1) is 12.4 Å². The van der Waals surface area contributed by atoms with Crippen LogP contribution < -0.4 is 10.6 Å². The van der Waals surface area contributed by atoms with Crippen molar-refractivity contribution in [2.45, 2.75) is 43.7 Å². The fourth-order valence-corrected chi connectivity index (χ4v) is 4.05. The first kappa shape index (κ1) is 18.2. The summed E-state index contributed by atoms with van der Waals surface area (Å²) >= 11 is 0. The Morgan fingerprint density at radius 1 is 1.28 bits per heavy atom. The summed E-state index contributed by atoms with van der Waals surface area (Å²) in [7, 11) is 0. The maximum atomic E-state index is 12.3. The van der Waals surface area contributed by atoms with Gasteiger partial charge in [-0.2, -0.15) is 0 Å². The smallest absolute Gasteiger partial charge is 0.220 e. The highest BCUT2D eigenvalue weighted by molar-refractivity contribution is 5.85. The van der Waals surface area contributed by atoms with Crippen molar-refractivity contribution in [3.8, 4) is 0 Å². The Morgan fingerprint density at radius 3 is 2.92 bits per heavy atom. The number of para-hydroxylation sites is 1. The van der Waals surface area contributed by atoms with E-state index in [9.17, 15) is 4.79 Å². The highest BCUT2D eigenvalue weighted by atomic mass is 35.5. The van der Waals surface area contributed by atoms with Gasteiger partial charge in [0.1, 0.15) is 0 Å². The Hall–Kier alpha value is -1.56. The number of halogens is 1. The molecule has 1 unspecified atom stereocenters. The monoisotopic (exact) mass is 363 g/mol. The number of amides is 1. The zero-order valence-electron chi connectivity index (χ0n) is 14.3. The molecule has 0 saturated carbocycles. The van der Waals surface area contributed by atoms with Crippen molar-refractivity contribution in [3.05, 3.63) is 36.0 Å². The van der Waals surface area contributed by atoms with Gasteiger partial charge in [-0.25, -0.2) is 0 Å². The van der Waals surface area contributed by atoms with Gasteiger partial charge in [0.2, 0.25) is 5.91 Å². The Labute approximate surface area is 154 Å². The number of carbonyl (C=O) groups excluding carboxylic acids is 1. The molecule has 2 fully saturated rings. The average Bonchev–Trinajstić information content (AvgIpc) is 3.18. The number of benzene rings is 1. The van der Waals surface area contributed by atoms with Crippen LogP contribution in [0.3, 0.4) is 0 Å². The lowest BCUT2D eigenvalue weighted by Crippen LogP contribution is -2.43. The number of aryl methyl sites for hydroxylation is 1. The van der Waals surface area contributed by atoms with E-state index in [1.54, 1.807) is 0 Å². The van der Waals surface area contributed by atoms with E-state index in [1.165, 1.54) is 10.9 Å². The molecule has 4 rings (SSSR count). The molecule has 6 heteroatoms. The SMILES string of the molecule is Cl.O=C(CCc1c[nH]c2ccccc12)NC1COC2(CCNCC2)C1. The lowest BCUT2D eigenvalue weighted by molar-refractivity contribution is -0.121. The van der Waals surface area contributed by atoms with Gasteiger partial charge in [0.05, 0.1) is 18.2 Å². The summed E-state index contributed by atoms with van der Waals surface area (Å²) in [6, 6.07) is 8.39. The quantitative estimate of drug-likeness (QED) is 0.782. The van der Waals surface area contributed by atoms with E-state index in [2.05, 4.69) is 27.8 Å². The molecule has 0 aliphatic carbocycles. The summed E-state index contributed by atoms with van der Waals surface area (Å²) in [5.41, 5.74) is 2.34. The lowest BCUT2D eigenvalue weighted by Gasteiger charge is -2.32. The number of nitrogens with one attached hydrogen (secondary N) is 3. The van der Waals surface area contributed by atoms with Crippen LogP contribution in [0.2, 0.25) is 0 Å². The first-order valence-electron chi connectivity index (χ1n) is 8.93. The van der Waals surface area contributed by atoms with Crippen LogP contribution in [0.25, 0.3) is 10.9 Å².